The van der Waals surface area contributed by atoms with Crippen LogP contribution in [0.5, 0.6) is 5.75 Å². The number of anilines is 1. The molecular formula is C11H14N2O4. The standard InChI is InChI=1S/C11H14N2O4/c1-16-7-17-11-5-4-9(12-8-2-3-8)6-10(11)13(14)15/h4-6,8,12H,2-3,7H2,1H3. The lowest BCUT2D eigenvalue weighted by molar-refractivity contribution is -0.386. The molecular weight excluding hydrogens is 224 g/mol. The van der Waals surface area contributed by atoms with Gasteiger partial charge in [0.1, 0.15) is 0 Å². The monoisotopic (exact) mass is 238 g/mol. The molecule has 2 rings (SSSR count). The molecule has 0 aromatic heterocycles. The molecule has 6 nitrogen and oxygen atoms in total. The molecule has 0 spiro atoms. The Morgan fingerprint density at radius 1 is 1.53 bits per heavy atom. The Kier molecular flexibility index (Phi) is 3.43. The number of rotatable bonds is 6. The molecule has 0 amide bonds. The van der Waals surface area contributed by atoms with Gasteiger partial charge in [0.05, 0.1) is 4.92 Å². The minimum absolute atomic E-state index is 0.00373. The molecule has 1 aliphatic carbocycles. The SMILES string of the molecule is COCOc1ccc(NC2CC2)cc1[N+](=O)[O-]. The maximum atomic E-state index is 10.9. The second-order valence-electron chi connectivity index (χ2n) is 3.91. The molecule has 0 unspecified atom stereocenters. The van der Waals surface area contributed by atoms with Gasteiger partial charge in [0, 0.05) is 24.9 Å². The van der Waals surface area contributed by atoms with Crippen LogP contribution in [0, 0.1) is 10.1 Å². The largest absolute Gasteiger partial charge is 0.460 e. The fraction of sp³-hybridized carbons (Fsp3) is 0.455. The van der Waals surface area contributed by atoms with E-state index in [0.717, 1.165) is 18.5 Å². The van der Waals surface area contributed by atoms with E-state index >= 15 is 0 Å². The number of hydrogen-bond donors (Lipinski definition) is 1. The van der Waals surface area contributed by atoms with Gasteiger partial charge in [-0.15, -0.1) is 0 Å². The molecule has 1 N–H and O–H groups in total. The molecule has 1 aromatic rings. The van der Waals surface area contributed by atoms with Crippen LogP contribution >= 0.6 is 0 Å². The van der Waals surface area contributed by atoms with Crippen LogP contribution in [0.15, 0.2) is 18.2 Å². The highest BCUT2D eigenvalue weighted by Crippen LogP contribution is 2.32. The first-order valence-electron chi connectivity index (χ1n) is 5.37. The van der Waals surface area contributed by atoms with Crippen molar-refractivity contribution in [3.63, 3.8) is 0 Å². The first-order chi connectivity index (χ1) is 8.20. The number of nitro benzene ring substituents is 1. The minimum atomic E-state index is -0.455. The summed E-state index contributed by atoms with van der Waals surface area (Å²) in [6, 6.07) is 5.31. The highest BCUT2D eigenvalue weighted by Gasteiger charge is 2.23. The molecule has 17 heavy (non-hydrogen) atoms. The molecule has 1 fully saturated rings. The van der Waals surface area contributed by atoms with E-state index in [2.05, 4.69) is 5.32 Å². The van der Waals surface area contributed by atoms with Gasteiger partial charge < -0.3 is 14.8 Å². The highest BCUT2D eigenvalue weighted by molar-refractivity contribution is 5.59. The molecule has 0 atom stereocenters. The summed E-state index contributed by atoms with van der Waals surface area (Å²) in [4.78, 5) is 10.4. The van der Waals surface area contributed by atoms with Crippen LogP contribution in [0.25, 0.3) is 0 Å². The molecule has 0 aliphatic heterocycles. The van der Waals surface area contributed by atoms with Crippen molar-refractivity contribution in [1.29, 1.82) is 0 Å². The lowest BCUT2D eigenvalue weighted by atomic mass is 10.2. The first kappa shape index (κ1) is 11.7. The maximum absolute atomic E-state index is 10.9. The topological polar surface area (TPSA) is 73.6 Å². The summed E-state index contributed by atoms with van der Waals surface area (Å²) in [6.07, 6.45) is 2.24. The van der Waals surface area contributed by atoms with Crippen molar-refractivity contribution < 1.29 is 14.4 Å². The van der Waals surface area contributed by atoms with Gasteiger partial charge in [0.25, 0.3) is 0 Å². The number of nitro groups is 1. The summed E-state index contributed by atoms with van der Waals surface area (Å²) in [7, 11) is 1.47. The van der Waals surface area contributed by atoms with Crippen molar-refractivity contribution in [2.24, 2.45) is 0 Å². The summed E-state index contributed by atoms with van der Waals surface area (Å²) >= 11 is 0. The van der Waals surface area contributed by atoms with E-state index in [9.17, 15) is 10.1 Å². The number of ether oxygens (including phenoxy) is 2. The van der Waals surface area contributed by atoms with Crippen molar-refractivity contribution in [3.8, 4) is 5.75 Å². The first-order valence-corrected chi connectivity index (χ1v) is 5.37. The third kappa shape index (κ3) is 3.07. The number of benzene rings is 1. The smallest absolute Gasteiger partial charge is 0.313 e. The summed E-state index contributed by atoms with van der Waals surface area (Å²) in [5.41, 5.74) is 0.705. The highest BCUT2D eigenvalue weighted by atomic mass is 16.7. The lowest BCUT2D eigenvalue weighted by Crippen LogP contribution is -2.04. The fourth-order valence-electron chi connectivity index (χ4n) is 1.46. The van der Waals surface area contributed by atoms with Crippen molar-refractivity contribution in [2.75, 3.05) is 19.2 Å². The third-order valence-corrected chi connectivity index (χ3v) is 2.44. The molecule has 0 radical (unpaired) electrons. The van der Waals surface area contributed by atoms with Gasteiger partial charge in [0.2, 0.25) is 0 Å². The third-order valence-electron chi connectivity index (χ3n) is 2.44. The number of methoxy groups -OCH3 is 1. The van der Waals surface area contributed by atoms with Crippen LogP contribution in [-0.4, -0.2) is 24.9 Å². The van der Waals surface area contributed by atoms with Crippen molar-refractivity contribution in [3.05, 3.63) is 28.3 Å². The van der Waals surface area contributed by atoms with Gasteiger partial charge in [-0.25, -0.2) is 0 Å². The Morgan fingerprint density at radius 2 is 2.29 bits per heavy atom. The fourth-order valence-corrected chi connectivity index (χ4v) is 1.46. The molecule has 6 heteroatoms. The van der Waals surface area contributed by atoms with Gasteiger partial charge >= 0.3 is 5.69 Å². The quantitative estimate of drug-likeness (QED) is 0.467. The van der Waals surface area contributed by atoms with Gasteiger partial charge in [-0.05, 0) is 25.0 Å². The van der Waals surface area contributed by atoms with Crippen LogP contribution in [0.3, 0.4) is 0 Å². The van der Waals surface area contributed by atoms with E-state index < -0.39 is 4.92 Å². The summed E-state index contributed by atoms with van der Waals surface area (Å²) in [5.74, 6) is 0.221. The van der Waals surface area contributed by atoms with Crippen molar-refractivity contribution >= 4 is 11.4 Å². The minimum Gasteiger partial charge on any atom is -0.460 e. The average molecular weight is 238 g/mol. The Balaban J connectivity index is 2.16. The maximum Gasteiger partial charge on any atom is 0.313 e. The van der Waals surface area contributed by atoms with Crippen LogP contribution in [-0.2, 0) is 4.74 Å². The Morgan fingerprint density at radius 3 is 2.88 bits per heavy atom. The number of hydrogen-bond acceptors (Lipinski definition) is 5. The zero-order valence-corrected chi connectivity index (χ0v) is 9.51. The molecule has 0 heterocycles. The molecule has 1 aliphatic rings. The van der Waals surface area contributed by atoms with E-state index in [1.54, 1.807) is 12.1 Å². The van der Waals surface area contributed by atoms with Crippen LogP contribution in [0.4, 0.5) is 11.4 Å². The summed E-state index contributed by atoms with van der Waals surface area (Å²) in [6.45, 7) is -0.00373. The van der Waals surface area contributed by atoms with E-state index in [0.29, 0.717) is 6.04 Å². The van der Waals surface area contributed by atoms with Gasteiger partial charge in [-0.3, -0.25) is 10.1 Å². The van der Waals surface area contributed by atoms with Crippen molar-refractivity contribution in [2.45, 2.75) is 18.9 Å². The lowest BCUT2D eigenvalue weighted by Gasteiger charge is -2.08. The molecule has 0 saturated heterocycles. The molecule has 1 saturated carbocycles. The second kappa shape index (κ2) is 5.01. The van der Waals surface area contributed by atoms with Crippen LogP contribution in [0.1, 0.15) is 12.8 Å². The predicted molar refractivity (Wildman–Crippen MR) is 62.2 cm³/mol. The molecule has 92 valence electrons. The van der Waals surface area contributed by atoms with E-state index in [4.69, 9.17) is 9.47 Å². The second-order valence-corrected chi connectivity index (χ2v) is 3.91. The number of nitrogens with zero attached hydrogens (tertiary/aromatic N) is 1. The molecule has 1 aromatic carbocycles. The van der Waals surface area contributed by atoms with E-state index in [-0.39, 0.29) is 18.2 Å². The average Bonchev–Trinajstić information content (AvgIpc) is 3.11. The zero-order chi connectivity index (χ0) is 12.3. The predicted octanol–water partition coefficient (Wildman–Crippen LogP) is 2.15. The Labute approximate surface area is 98.7 Å². The zero-order valence-electron chi connectivity index (χ0n) is 9.51. The van der Waals surface area contributed by atoms with Crippen LogP contribution in [0.2, 0.25) is 0 Å². The Hall–Kier alpha value is -1.82. The van der Waals surface area contributed by atoms with Gasteiger partial charge in [-0.1, -0.05) is 0 Å². The molecule has 0 bridgehead atoms. The van der Waals surface area contributed by atoms with Crippen LogP contribution < -0.4 is 10.1 Å². The summed E-state index contributed by atoms with van der Waals surface area (Å²) < 4.78 is 9.86. The number of nitrogens with one attached hydrogen (secondary N) is 1. The van der Waals surface area contributed by atoms with E-state index in [1.807, 2.05) is 0 Å². The Bertz CT molecular complexity index is 418. The van der Waals surface area contributed by atoms with Crippen molar-refractivity contribution in [1.82, 2.24) is 0 Å². The van der Waals surface area contributed by atoms with E-state index in [1.165, 1.54) is 13.2 Å². The summed E-state index contributed by atoms with van der Waals surface area (Å²) in [5, 5.41) is 14.1. The normalized spacial score (nSPS) is 14.4. The van der Waals surface area contributed by atoms with Gasteiger partial charge in [-0.2, -0.15) is 0 Å². The van der Waals surface area contributed by atoms with Gasteiger partial charge in [0.15, 0.2) is 12.5 Å².